The van der Waals surface area contributed by atoms with Gasteiger partial charge in [-0.2, -0.15) is 0 Å². The lowest BCUT2D eigenvalue weighted by atomic mass is 9.64. The minimum atomic E-state index is -2.18. The average molecular weight is 620 g/mol. The van der Waals surface area contributed by atoms with Crippen LogP contribution in [-0.4, -0.2) is 10.5 Å². The van der Waals surface area contributed by atoms with Gasteiger partial charge in [0.25, 0.3) is 5.82 Å². The molecule has 0 aliphatic heterocycles. The fraction of sp³-hybridized carbons (Fsp3) is 0.267. The Labute approximate surface area is 239 Å². The zero-order valence-electron chi connectivity index (χ0n) is 21.6. The van der Waals surface area contributed by atoms with Gasteiger partial charge < -0.3 is 22.7 Å². The van der Waals surface area contributed by atoms with Gasteiger partial charge >= 0.3 is 0 Å². The fourth-order valence-corrected chi connectivity index (χ4v) is 6.16. The summed E-state index contributed by atoms with van der Waals surface area (Å²) in [4.78, 5) is 13.3. The summed E-state index contributed by atoms with van der Waals surface area (Å²) >= 11 is 0. The van der Waals surface area contributed by atoms with E-state index >= 15 is 0 Å². The molecular formula is C30H27BrF5N3O. The number of aromatic nitrogens is 2. The molecule has 2 atom stereocenters. The van der Waals surface area contributed by atoms with E-state index in [1.165, 1.54) is 4.57 Å². The Morgan fingerprint density at radius 2 is 1.38 bits per heavy atom. The molecule has 210 valence electrons. The third kappa shape index (κ3) is 4.72. The van der Waals surface area contributed by atoms with E-state index in [4.69, 9.17) is 5.73 Å². The zero-order chi connectivity index (χ0) is 27.9. The van der Waals surface area contributed by atoms with Crippen molar-refractivity contribution < 1.29 is 48.3 Å². The number of benzene rings is 3. The van der Waals surface area contributed by atoms with Crippen LogP contribution in [0.3, 0.4) is 0 Å². The van der Waals surface area contributed by atoms with Crippen molar-refractivity contribution in [3.05, 3.63) is 125 Å². The molecule has 1 saturated carbocycles. The van der Waals surface area contributed by atoms with E-state index in [-0.39, 0.29) is 28.9 Å². The summed E-state index contributed by atoms with van der Waals surface area (Å²) in [5.41, 5.74) is 5.82. The first kappa shape index (κ1) is 29.5. The molecule has 0 radical (unpaired) electrons. The minimum absolute atomic E-state index is 0. The predicted molar refractivity (Wildman–Crippen MR) is 134 cm³/mol. The van der Waals surface area contributed by atoms with Gasteiger partial charge in [0, 0.05) is 6.92 Å². The smallest absolute Gasteiger partial charge is 0.253 e. The molecule has 3 aromatic carbocycles. The Kier molecular flexibility index (Phi) is 8.49. The van der Waals surface area contributed by atoms with Gasteiger partial charge in [-0.25, -0.2) is 31.1 Å². The molecular weight excluding hydrogens is 593 g/mol. The lowest BCUT2D eigenvalue weighted by molar-refractivity contribution is -0.694. The zero-order valence-corrected chi connectivity index (χ0v) is 23.1. The normalized spacial score (nSPS) is 17.1. The second-order valence-corrected chi connectivity index (χ2v) is 10.00. The van der Waals surface area contributed by atoms with Gasteiger partial charge in [0.1, 0.15) is 30.4 Å². The van der Waals surface area contributed by atoms with Crippen LogP contribution in [0.1, 0.15) is 47.8 Å². The van der Waals surface area contributed by atoms with Crippen molar-refractivity contribution >= 4 is 5.91 Å². The van der Waals surface area contributed by atoms with E-state index < -0.39 is 52.5 Å². The van der Waals surface area contributed by atoms with Crippen molar-refractivity contribution in [1.29, 1.82) is 0 Å². The molecule has 0 unspecified atom stereocenters. The van der Waals surface area contributed by atoms with Crippen LogP contribution in [-0.2, 0) is 16.8 Å². The van der Waals surface area contributed by atoms with Crippen molar-refractivity contribution in [3.63, 3.8) is 0 Å². The van der Waals surface area contributed by atoms with E-state index in [1.807, 2.05) is 65.2 Å². The second kappa shape index (κ2) is 11.5. The molecule has 2 N–H and O–H groups in total. The highest BCUT2D eigenvalue weighted by Crippen LogP contribution is 2.50. The summed E-state index contributed by atoms with van der Waals surface area (Å²) in [6, 6.07) is 18.8. The maximum Gasteiger partial charge on any atom is 0.253 e. The molecule has 5 rings (SSSR count). The molecule has 1 aliphatic rings. The first-order valence-corrected chi connectivity index (χ1v) is 12.7. The Bertz CT molecular complexity index is 1460. The molecule has 0 bridgehead atoms. The number of nitrogens with two attached hydrogens (primary N) is 1. The molecule has 4 nitrogen and oxygen atoms in total. The first-order valence-electron chi connectivity index (χ1n) is 12.7. The number of hydrogen-bond acceptors (Lipinski definition) is 1. The van der Waals surface area contributed by atoms with Crippen LogP contribution in [0.15, 0.2) is 73.1 Å². The van der Waals surface area contributed by atoms with Crippen molar-refractivity contribution in [1.82, 2.24) is 4.57 Å². The van der Waals surface area contributed by atoms with Crippen molar-refractivity contribution in [2.24, 2.45) is 11.7 Å². The van der Waals surface area contributed by atoms with Gasteiger partial charge in [-0.1, -0.05) is 60.7 Å². The number of carbonyl (C=O) groups is 1. The Balaban J connectivity index is 0.00000370. The van der Waals surface area contributed by atoms with Crippen LogP contribution in [0.2, 0.25) is 0 Å². The monoisotopic (exact) mass is 619 g/mol. The van der Waals surface area contributed by atoms with E-state index in [1.54, 1.807) is 19.3 Å². The minimum Gasteiger partial charge on any atom is -1.00 e. The van der Waals surface area contributed by atoms with E-state index in [0.717, 1.165) is 11.1 Å². The van der Waals surface area contributed by atoms with Crippen molar-refractivity contribution in [2.45, 2.75) is 44.2 Å². The third-order valence-electron chi connectivity index (χ3n) is 8.08. The molecule has 4 aromatic rings. The predicted octanol–water partition coefficient (Wildman–Crippen LogP) is 2.64. The number of imidazole rings is 1. The number of hydrogen-bond donors (Lipinski definition) is 1. The van der Waals surface area contributed by atoms with Crippen LogP contribution in [0, 0.1) is 41.9 Å². The largest absolute Gasteiger partial charge is 1.00 e. The summed E-state index contributed by atoms with van der Waals surface area (Å²) in [6.45, 7) is 1.19. The summed E-state index contributed by atoms with van der Waals surface area (Å²) < 4.78 is 73.0. The lowest BCUT2D eigenvalue weighted by Gasteiger charge is -2.37. The SMILES string of the molecule is Cc1n([C@@H]2CC[C@H](C(C(N)=O)(c3ccccc3)c3ccccc3)C2)cc[n+]1Cc1c(F)c(F)c(F)c(F)c1F.[Br-]. The average Bonchev–Trinajstić information content (AvgIpc) is 3.57. The van der Waals surface area contributed by atoms with Gasteiger partial charge in [-0.15, -0.1) is 0 Å². The molecule has 40 heavy (non-hydrogen) atoms. The highest BCUT2D eigenvalue weighted by atomic mass is 79.9. The third-order valence-corrected chi connectivity index (χ3v) is 8.08. The maximum absolute atomic E-state index is 14.3. The van der Waals surface area contributed by atoms with Gasteiger partial charge in [0.15, 0.2) is 23.3 Å². The first-order chi connectivity index (χ1) is 18.7. The number of nitrogens with zero attached hydrogens (tertiary/aromatic N) is 2. The Hall–Kier alpha value is -3.53. The summed E-state index contributed by atoms with van der Waals surface area (Å²) in [7, 11) is 0. The summed E-state index contributed by atoms with van der Waals surface area (Å²) in [5.74, 6) is -9.82. The number of carbonyl (C=O) groups excluding carboxylic acids is 1. The van der Waals surface area contributed by atoms with Gasteiger partial charge in [0.05, 0.1) is 5.56 Å². The van der Waals surface area contributed by atoms with Gasteiger partial charge in [-0.3, -0.25) is 4.79 Å². The number of amides is 1. The molecule has 1 aliphatic carbocycles. The Morgan fingerprint density at radius 3 is 1.88 bits per heavy atom. The number of halogens is 6. The van der Waals surface area contributed by atoms with E-state index in [0.29, 0.717) is 25.1 Å². The summed E-state index contributed by atoms with van der Waals surface area (Å²) in [5, 5.41) is 0. The quantitative estimate of drug-likeness (QED) is 0.147. The number of primary amides is 1. The maximum atomic E-state index is 14.3. The topological polar surface area (TPSA) is 51.9 Å². The fourth-order valence-electron chi connectivity index (χ4n) is 6.16. The molecule has 0 spiro atoms. The highest BCUT2D eigenvalue weighted by molar-refractivity contribution is 5.91. The summed E-state index contributed by atoms with van der Waals surface area (Å²) in [6.07, 6.45) is 5.26. The van der Waals surface area contributed by atoms with Crippen molar-refractivity contribution in [3.8, 4) is 0 Å². The molecule has 1 heterocycles. The lowest BCUT2D eigenvalue weighted by Crippen LogP contribution is -3.00. The van der Waals surface area contributed by atoms with E-state index in [9.17, 15) is 26.7 Å². The van der Waals surface area contributed by atoms with Crippen molar-refractivity contribution in [2.75, 3.05) is 0 Å². The Morgan fingerprint density at radius 1 is 0.875 bits per heavy atom. The van der Waals surface area contributed by atoms with Crippen LogP contribution < -0.4 is 27.3 Å². The number of rotatable bonds is 7. The van der Waals surface area contributed by atoms with E-state index in [2.05, 4.69) is 0 Å². The van der Waals surface area contributed by atoms with Crippen LogP contribution in [0.5, 0.6) is 0 Å². The van der Waals surface area contributed by atoms with Gasteiger partial charge in [-0.05, 0) is 36.3 Å². The molecule has 1 amide bonds. The van der Waals surface area contributed by atoms with Crippen LogP contribution in [0.25, 0.3) is 0 Å². The second-order valence-electron chi connectivity index (χ2n) is 10.00. The van der Waals surface area contributed by atoms with Gasteiger partial charge in [0.2, 0.25) is 11.7 Å². The molecule has 10 heteroatoms. The highest BCUT2D eigenvalue weighted by Gasteiger charge is 2.51. The molecule has 1 aromatic heterocycles. The van der Waals surface area contributed by atoms with Crippen LogP contribution in [0.4, 0.5) is 22.0 Å². The molecule has 1 fully saturated rings. The standard InChI is InChI=1S/C30H26F5N3O.BrH/c1-18-37(17-23-24(31)26(33)28(35)27(34)25(23)32)14-15-38(18)22-13-12-21(16-22)30(29(36)39,19-8-4-2-5-9-19)20-10-6-3-7-11-20;/h2-11,14-15,21-22H,12-13,16-17H2,1H3,(H-,36,39);1H/t21-,22+;/m0./s1. The van der Waals surface area contributed by atoms with Crippen LogP contribution >= 0.6 is 0 Å². The molecule has 0 saturated heterocycles.